The zero-order valence-corrected chi connectivity index (χ0v) is 25.4. The maximum atomic E-state index is 14.1. The van der Waals surface area contributed by atoms with Gasteiger partial charge >= 0.3 is 0 Å². The molecule has 2 amide bonds. The highest BCUT2D eigenvalue weighted by Crippen LogP contribution is 2.34. The smallest absolute Gasteiger partial charge is 0.261 e. The molecule has 0 aliphatic carbocycles. The molecule has 2 aliphatic heterocycles. The van der Waals surface area contributed by atoms with Gasteiger partial charge in [-0.1, -0.05) is 60.7 Å². The molecule has 0 bridgehead atoms. The fourth-order valence-electron chi connectivity index (χ4n) is 6.04. The van der Waals surface area contributed by atoms with E-state index >= 15 is 0 Å². The van der Waals surface area contributed by atoms with E-state index in [0.29, 0.717) is 17.7 Å². The van der Waals surface area contributed by atoms with Crippen LogP contribution < -0.4 is 10.1 Å². The molecule has 1 N–H and O–H groups in total. The molecular weight excluding hydrogens is 592 g/mol. The van der Waals surface area contributed by atoms with Crippen LogP contribution in [0, 0.1) is 0 Å². The predicted molar refractivity (Wildman–Crippen MR) is 167 cm³/mol. The van der Waals surface area contributed by atoms with E-state index in [1.807, 2.05) is 54.6 Å². The minimum absolute atomic E-state index is 0.147. The number of likely N-dealkylation sites (tertiary alicyclic amines) is 1. The van der Waals surface area contributed by atoms with Gasteiger partial charge in [0, 0.05) is 24.7 Å². The second-order valence-electron chi connectivity index (χ2n) is 11.0. The lowest BCUT2D eigenvalue weighted by molar-refractivity contribution is -0.138. The van der Waals surface area contributed by atoms with E-state index in [1.54, 1.807) is 43.5 Å². The van der Waals surface area contributed by atoms with E-state index in [9.17, 15) is 22.8 Å². The number of hydrogen-bond donors (Lipinski definition) is 1. The number of amides is 2. The molecule has 230 valence electrons. The molecular formula is C34H32N4O6S. The van der Waals surface area contributed by atoms with Crippen LogP contribution in [-0.2, 0) is 26.0 Å². The lowest BCUT2D eigenvalue weighted by atomic mass is 10.0. The quantitative estimate of drug-likeness (QED) is 0.303. The molecule has 4 aromatic rings. The second kappa shape index (κ2) is 12.6. The number of rotatable bonds is 9. The number of pyridine rings is 1. The van der Waals surface area contributed by atoms with Gasteiger partial charge in [-0.3, -0.25) is 14.4 Å². The van der Waals surface area contributed by atoms with Crippen molar-refractivity contribution < 1.29 is 27.5 Å². The largest absolute Gasteiger partial charge is 0.497 e. The summed E-state index contributed by atoms with van der Waals surface area (Å²) in [6, 6.07) is 26.0. The molecule has 2 saturated heterocycles. The normalized spacial score (nSPS) is 18.8. The van der Waals surface area contributed by atoms with Crippen LogP contribution in [0.2, 0.25) is 0 Å². The van der Waals surface area contributed by atoms with Crippen LogP contribution in [0.1, 0.15) is 22.3 Å². The summed E-state index contributed by atoms with van der Waals surface area (Å²) in [5.41, 5.74) is 3.12. The minimum atomic E-state index is -4.05. The zero-order chi connectivity index (χ0) is 31.6. The molecule has 3 unspecified atom stereocenters. The fraction of sp³-hybridized carbons (Fsp3) is 0.235. The molecule has 0 spiro atoms. The number of Topliss-reactive ketones (excluding diaryl/α,β-unsaturated/α-hetero) is 1. The number of aromatic nitrogens is 1. The molecule has 10 nitrogen and oxygen atoms in total. The maximum absolute atomic E-state index is 14.1. The van der Waals surface area contributed by atoms with Crippen molar-refractivity contribution in [2.45, 2.75) is 36.0 Å². The van der Waals surface area contributed by atoms with E-state index in [1.165, 1.54) is 17.2 Å². The van der Waals surface area contributed by atoms with E-state index in [-0.39, 0.29) is 30.3 Å². The number of methoxy groups -OCH3 is 1. The first-order valence-corrected chi connectivity index (χ1v) is 16.1. The monoisotopic (exact) mass is 624 g/mol. The van der Waals surface area contributed by atoms with Crippen LogP contribution in [0.5, 0.6) is 5.75 Å². The molecule has 3 aromatic carbocycles. The first-order valence-electron chi connectivity index (χ1n) is 14.6. The lowest BCUT2D eigenvalue weighted by Crippen LogP contribution is -2.53. The first-order chi connectivity index (χ1) is 21.8. The fourth-order valence-corrected chi connectivity index (χ4v) is 7.60. The van der Waals surface area contributed by atoms with Crippen molar-refractivity contribution in [1.82, 2.24) is 19.5 Å². The standard InChI is InChI=1S/C34H32N4O6S/c1-44-27-16-10-23(11-17-27)21-28(36-33(40)26-14-12-25(13-15-26)24-7-3-2-4-8-24)34(41)37-20-18-29-32(37)30(39)22-38(29)45(42,43)31-9-5-6-19-35-31/h2-17,19,28-29,32H,18,20-22H2,1H3,(H,36,40). The van der Waals surface area contributed by atoms with E-state index < -0.39 is 40.0 Å². The predicted octanol–water partition coefficient (Wildman–Crippen LogP) is 3.34. The molecule has 3 atom stereocenters. The van der Waals surface area contributed by atoms with Crippen LogP contribution in [0.15, 0.2) is 108 Å². The van der Waals surface area contributed by atoms with Crippen LogP contribution in [-0.4, -0.2) is 78.5 Å². The topological polar surface area (TPSA) is 126 Å². The SMILES string of the molecule is COc1ccc(CC(NC(=O)c2ccc(-c3ccccc3)cc2)C(=O)N2CCC3C2C(=O)CN3S(=O)(=O)c2ccccn2)cc1. The summed E-state index contributed by atoms with van der Waals surface area (Å²) >= 11 is 0. The van der Waals surface area contributed by atoms with Gasteiger partial charge in [-0.15, -0.1) is 0 Å². The summed E-state index contributed by atoms with van der Waals surface area (Å²) in [6.07, 6.45) is 1.83. The number of carbonyl (C=O) groups is 3. The van der Waals surface area contributed by atoms with E-state index in [0.717, 1.165) is 21.0 Å². The Bertz CT molecular complexity index is 1800. The number of carbonyl (C=O) groups excluding carboxylic acids is 3. The third-order valence-electron chi connectivity index (χ3n) is 8.33. The Labute approximate surface area is 261 Å². The molecule has 0 radical (unpaired) electrons. The van der Waals surface area contributed by atoms with E-state index in [4.69, 9.17) is 4.74 Å². The van der Waals surface area contributed by atoms with Crippen LogP contribution in [0.25, 0.3) is 11.1 Å². The first kappa shape index (κ1) is 30.2. The van der Waals surface area contributed by atoms with Crippen LogP contribution in [0.4, 0.5) is 0 Å². The van der Waals surface area contributed by atoms with Crippen molar-refractivity contribution in [2.75, 3.05) is 20.2 Å². The summed E-state index contributed by atoms with van der Waals surface area (Å²) in [5, 5.41) is 2.75. The highest BCUT2D eigenvalue weighted by molar-refractivity contribution is 7.89. The highest BCUT2D eigenvalue weighted by atomic mass is 32.2. The third-order valence-corrected chi connectivity index (χ3v) is 10.1. The lowest BCUT2D eigenvalue weighted by Gasteiger charge is -2.28. The van der Waals surface area contributed by atoms with Crippen molar-refractivity contribution in [3.63, 3.8) is 0 Å². The number of nitrogens with zero attached hydrogens (tertiary/aromatic N) is 3. The summed E-state index contributed by atoms with van der Waals surface area (Å²) in [5.74, 6) is -0.596. The molecule has 3 heterocycles. The summed E-state index contributed by atoms with van der Waals surface area (Å²) in [4.78, 5) is 46.3. The Balaban J connectivity index is 1.24. The summed E-state index contributed by atoms with van der Waals surface area (Å²) in [7, 11) is -2.49. The van der Waals surface area contributed by atoms with Gasteiger partial charge in [-0.05, 0) is 59.5 Å². The van der Waals surface area contributed by atoms with Gasteiger partial charge in [0.15, 0.2) is 10.8 Å². The molecule has 2 fully saturated rings. The van der Waals surface area contributed by atoms with Gasteiger partial charge in [0.25, 0.3) is 15.9 Å². The average molecular weight is 625 g/mol. The minimum Gasteiger partial charge on any atom is -0.497 e. The summed E-state index contributed by atoms with van der Waals surface area (Å²) < 4.78 is 33.2. The van der Waals surface area contributed by atoms with Gasteiger partial charge in [0.05, 0.1) is 19.7 Å². The number of hydrogen-bond acceptors (Lipinski definition) is 7. The average Bonchev–Trinajstić information content (AvgIpc) is 3.66. The molecule has 11 heteroatoms. The summed E-state index contributed by atoms with van der Waals surface area (Å²) in [6.45, 7) is -0.170. The zero-order valence-electron chi connectivity index (χ0n) is 24.6. The Morgan fingerprint density at radius 3 is 2.29 bits per heavy atom. The van der Waals surface area contributed by atoms with Crippen molar-refractivity contribution >= 4 is 27.6 Å². The van der Waals surface area contributed by atoms with Crippen molar-refractivity contribution in [3.05, 3.63) is 114 Å². The molecule has 45 heavy (non-hydrogen) atoms. The van der Waals surface area contributed by atoms with E-state index in [2.05, 4.69) is 10.3 Å². The Kier molecular flexibility index (Phi) is 8.46. The molecule has 0 saturated carbocycles. The van der Waals surface area contributed by atoms with Crippen molar-refractivity contribution in [1.29, 1.82) is 0 Å². The number of nitrogens with one attached hydrogen (secondary N) is 1. The Hall–Kier alpha value is -4.87. The molecule has 1 aromatic heterocycles. The number of sulfonamides is 1. The number of benzene rings is 3. The highest BCUT2D eigenvalue weighted by Gasteiger charge is 2.54. The van der Waals surface area contributed by atoms with Crippen LogP contribution in [0.3, 0.4) is 0 Å². The Morgan fingerprint density at radius 2 is 1.62 bits per heavy atom. The second-order valence-corrected chi connectivity index (χ2v) is 12.9. The van der Waals surface area contributed by atoms with Crippen LogP contribution >= 0.6 is 0 Å². The number of ether oxygens (including phenoxy) is 1. The third kappa shape index (κ3) is 6.09. The van der Waals surface area contributed by atoms with Gasteiger partial charge in [0.2, 0.25) is 5.91 Å². The van der Waals surface area contributed by atoms with Gasteiger partial charge < -0.3 is 15.0 Å². The Morgan fingerprint density at radius 1 is 0.933 bits per heavy atom. The van der Waals surface area contributed by atoms with Crippen molar-refractivity contribution in [2.24, 2.45) is 0 Å². The van der Waals surface area contributed by atoms with Crippen molar-refractivity contribution in [3.8, 4) is 16.9 Å². The number of fused-ring (bicyclic) bond motifs is 1. The molecule has 6 rings (SSSR count). The van der Waals surface area contributed by atoms with Gasteiger partial charge in [-0.25, -0.2) is 13.4 Å². The van der Waals surface area contributed by atoms with Gasteiger partial charge in [-0.2, -0.15) is 4.31 Å². The van der Waals surface area contributed by atoms with Gasteiger partial charge in [0.1, 0.15) is 17.8 Å². The maximum Gasteiger partial charge on any atom is 0.261 e. The molecule has 2 aliphatic rings. The number of ketones is 1.